The maximum atomic E-state index is 8.73. The highest BCUT2D eigenvalue weighted by atomic mass is 32.1. The molecule has 0 radical (unpaired) electrons. The Balaban J connectivity index is 3.94. The van der Waals surface area contributed by atoms with Crippen molar-refractivity contribution in [3.63, 3.8) is 0 Å². The third kappa shape index (κ3) is 2.51. The zero-order valence-electron chi connectivity index (χ0n) is 7.09. The van der Waals surface area contributed by atoms with Gasteiger partial charge in [-0.1, -0.05) is 20.8 Å². The second-order valence-corrected chi connectivity index (χ2v) is 3.98. The lowest BCUT2D eigenvalue weighted by Gasteiger charge is -2.30. The van der Waals surface area contributed by atoms with Crippen LogP contribution in [0.4, 0.5) is 0 Å². The summed E-state index contributed by atoms with van der Waals surface area (Å²) in [7, 11) is 0. The Morgan fingerprint density at radius 1 is 1.50 bits per heavy atom. The number of hydrogen-bond acceptors (Lipinski definition) is 2. The largest absolute Gasteiger partial charge is 0.396 e. The summed E-state index contributed by atoms with van der Waals surface area (Å²) < 4.78 is 0.0365. The SMILES string of the molecule is CCC(S)(CCO)C(C)C. The second kappa shape index (κ2) is 4.24. The monoisotopic (exact) mass is 162 g/mol. The molecule has 1 atom stereocenters. The Morgan fingerprint density at radius 2 is 2.00 bits per heavy atom. The number of rotatable bonds is 4. The van der Waals surface area contributed by atoms with Gasteiger partial charge in [-0.3, -0.25) is 0 Å². The normalized spacial score (nSPS) is 17.4. The molecule has 0 aromatic rings. The van der Waals surface area contributed by atoms with Crippen LogP contribution >= 0.6 is 12.6 Å². The van der Waals surface area contributed by atoms with Crippen LogP contribution in [0.5, 0.6) is 0 Å². The highest BCUT2D eigenvalue weighted by Gasteiger charge is 2.26. The fraction of sp³-hybridized carbons (Fsp3) is 1.00. The predicted molar refractivity (Wildman–Crippen MR) is 48.5 cm³/mol. The quantitative estimate of drug-likeness (QED) is 0.607. The summed E-state index contributed by atoms with van der Waals surface area (Å²) in [6, 6.07) is 0. The maximum Gasteiger partial charge on any atom is 0.0444 e. The molecule has 0 heterocycles. The Bertz CT molecular complexity index is 93.3. The predicted octanol–water partition coefficient (Wildman–Crippen LogP) is 2.10. The van der Waals surface area contributed by atoms with Crippen LogP contribution in [0, 0.1) is 5.92 Å². The second-order valence-electron chi connectivity index (χ2n) is 3.09. The first kappa shape index (κ1) is 10.3. The van der Waals surface area contributed by atoms with Gasteiger partial charge in [0.25, 0.3) is 0 Å². The van der Waals surface area contributed by atoms with E-state index in [1.807, 2.05) is 0 Å². The van der Waals surface area contributed by atoms with Gasteiger partial charge in [0, 0.05) is 11.4 Å². The minimum absolute atomic E-state index is 0.0365. The van der Waals surface area contributed by atoms with Crippen molar-refractivity contribution >= 4 is 12.6 Å². The lowest BCUT2D eigenvalue weighted by Crippen LogP contribution is -2.28. The van der Waals surface area contributed by atoms with E-state index in [2.05, 4.69) is 33.4 Å². The third-order valence-corrected chi connectivity index (χ3v) is 3.29. The topological polar surface area (TPSA) is 20.2 Å². The van der Waals surface area contributed by atoms with E-state index in [4.69, 9.17) is 5.11 Å². The zero-order chi connectivity index (χ0) is 8.20. The van der Waals surface area contributed by atoms with Crippen molar-refractivity contribution in [1.29, 1.82) is 0 Å². The van der Waals surface area contributed by atoms with Crippen molar-refractivity contribution in [2.24, 2.45) is 5.92 Å². The van der Waals surface area contributed by atoms with Crippen molar-refractivity contribution in [3.05, 3.63) is 0 Å². The summed E-state index contributed by atoms with van der Waals surface area (Å²) in [5, 5.41) is 8.73. The third-order valence-electron chi connectivity index (χ3n) is 2.23. The molecule has 10 heavy (non-hydrogen) atoms. The molecule has 0 fully saturated rings. The fourth-order valence-electron chi connectivity index (χ4n) is 1.07. The molecule has 0 aliphatic carbocycles. The molecule has 1 unspecified atom stereocenters. The number of thiol groups is 1. The summed E-state index contributed by atoms with van der Waals surface area (Å²) in [5.41, 5.74) is 0. The number of aliphatic hydroxyl groups excluding tert-OH is 1. The van der Waals surface area contributed by atoms with Crippen LogP contribution in [-0.4, -0.2) is 16.5 Å². The van der Waals surface area contributed by atoms with Crippen LogP contribution in [0.15, 0.2) is 0 Å². The van der Waals surface area contributed by atoms with Crippen LogP contribution in [0.1, 0.15) is 33.6 Å². The molecule has 62 valence electrons. The number of aliphatic hydroxyl groups is 1. The lowest BCUT2D eigenvalue weighted by atomic mass is 9.89. The molecular weight excluding hydrogens is 144 g/mol. The first-order valence-electron chi connectivity index (χ1n) is 3.90. The van der Waals surface area contributed by atoms with Gasteiger partial charge in [0.15, 0.2) is 0 Å². The van der Waals surface area contributed by atoms with Gasteiger partial charge < -0.3 is 5.11 Å². The highest BCUT2D eigenvalue weighted by molar-refractivity contribution is 7.81. The van der Waals surface area contributed by atoms with Crippen molar-refractivity contribution < 1.29 is 5.11 Å². The molecule has 0 aliphatic heterocycles. The standard InChI is InChI=1S/C8H18OS/c1-4-8(10,5-6-9)7(2)3/h7,9-10H,4-6H2,1-3H3. The Morgan fingerprint density at radius 3 is 2.10 bits per heavy atom. The van der Waals surface area contributed by atoms with Crippen LogP contribution < -0.4 is 0 Å². The molecular formula is C8H18OS. The van der Waals surface area contributed by atoms with E-state index in [1.165, 1.54) is 0 Å². The van der Waals surface area contributed by atoms with Crippen LogP contribution in [0.2, 0.25) is 0 Å². The smallest absolute Gasteiger partial charge is 0.0444 e. The molecule has 0 amide bonds. The fourth-order valence-corrected chi connectivity index (χ4v) is 1.17. The Hall–Kier alpha value is 0.310. The van der Waals surface area contributed by atoms with E-state index in [0.717, 1.165) is 12.8 Å². The molecule has 0 aromatic carbocycles. The molecule has 0 spiro atoms. The minimum atomic E-state index is 0.0365. The van der Waals surface area contributed by atoms with Gasteiger partial charge >= 0.3 is 0 Å². The van der Waals surface area contributed by atoms with Gasteiger partial charge in [-0.25, -0.2) is 0 Å². The first-order valence-corrected chi connectivity index (χ1v) is 4.34. The van der Waals surface area contributed by atoms with Crippen LogP contribution in [-0.2, 0) is 0 Å². The summed E-state index contributed by atoms with van der Waals surface area (Å²) in [6.07, 6.45) is 1.82. The molecule has 1 nitrogen and oxygen atoms in total. The van der Waals surface area contributed by atoms with E-state index in [0.29, 0.717) is 5.92 Å². The summed E-state index contributed by atoms with van der Waals surface area (Å²) in [6.45, 7) is 6.65. The van der Waals surface area contributed by atoms with Gasteiger partial charge in [0.1, 0.15) is 0 Å². The van der Waals surface area contributed by atoms with Gasteiger partial charge in [-0.2, -0.15) is 12.6 Å². The van der Waals surface area contributed by atoms with E-state index in [9.17, 15) is 0 Å². The van der Waals surface area contributed by atoms with Gasteiger partial charge in [0.05, 0.1) is 0 Å². The average Bonchev–Trinajstić information content (AvgIpc) is 1.88. The van der Waals surface area contributed by atoms with E-state index >= 15 is 0 Å². The van der Waals surface area contributed by atoms with E-state index in [-0.39, 0.29) is 11.4 Å². The van der Waals surface area contributed by atoms with Crippen LogP contribution in [0.25, 0.3) is 0 Å². The summed E-state index contributed by atoms with van der Waals surface area (Å²) >= 11 is 4.53. The van der Waals surface area contributed by atoms with Crippen molar-refractivity contribution in [1.82, 2.24) is 0 Å². The van der Waals surface area contributed by atoms with Gasteiger partial charge in [0.2, 0.25) is 0 Å². The Labute approximate surface area is 69.2 Å². The summed E-state index contributed by atoms with van der Waals surface area (Å²) in [4.78, 5) is 0. The van der Waals surface area contributed by atoms with Gasteiger partial charge in [-0.15, -0.1) is 0 Å². The molecule has 0 aliphatic rings. The van der Waals surface area contributed by atoms with E-state index < -0.39 is 0 Å². The summed E-state index contributed by atoms with van der Waals surface area (Å²) in [5.74, 6) is 0.535. The zero-order valence-corrected chi connectivity index (χ0v) is 7.99. The molecule has 0 saturated heterocycles. The van der Waals surface area contributed by atoms with Crippen molar-refractivity contribution in [2.45, 2.75) is 38.4 Å². The number of hydrogen-bond donors (Lipinski definition) is 2. The maximum absolute atomic E-state index is 8.73. The van der Waals surface area contributed by atoms with Gasteiger partial charge in [-0.05, 0) is 18.8 Å². The first-order chi connectivity index (χ1) is 4.56. The van der Waals surface area contributed by atoms with Crippen molar-refractivity contribution in [3.8, 4) is 0 Å². The van der Waals surface area contributed by atoms with Crippen LogP contribution in [0.3, 0.4) is 0 Å². The average molecular weight is 162 g/mol. The molecule has 1 N–H and O–H groups in total. The molecule has 0 rings (SSSR count). The molecule has 0 aromatic heterocycles. The highest BCUT2D eigenvalue weighted by Crippen LogP contribution is 2.31. The molecule has 0 bridgehead atoms. The van der Waals surface area contributed by atoms with E-state index in [1.54, 1.807) is 0 Å². The Kier molecular flexibility index (Phi) is 4.37. The lowest BCUT2D eigenvalue weighted by molar-refractivity contribution is 0.246. The molecule has 0 saturated carbocycles. The minimum Gasteiger partial charge on any atom is -0.396 e. The van der Waals surface area contributed by atoms with Crippen molar-refractivity contribution in [2.75, 3.05) is 6.61 Å². The molecule has 2 heteroatoms.